The highest BCUT2D eigenvalue weighted by molar-refractivity contribution is 6.76. The second kappa shape index (κ2) is 9.37. The van der Waals surface area contributed by atoms with Crippen LogP contribution in [0.4, 0.5) is 0 Å². The van der Waals surface area contributed by atoms with Gasteiger partial charge in [0.15, 0.2) is 13.4 Å². The third-order valence-corrected chi connectivity index (χ3v) is 12.7. The molecule has 0 unspecified atom stereocenters. The molecule has 1 nitrogen and oxygen atoms in total. The SMILES string of the molecule is CC1(C)CB(C2=C(c3ccccc3)[C@@H]3CCC(=O)[C@@H]3C(B3CC(C)(C)C(C)(C)C3)=C2c2ccccc2)CC1(C)C. The molecule has 0 spiro atoms. The zero-order chi connectivity index (χ0) is 28.7. The van der Waals surface area contributed by atoms with Crippen LogP contribution in [-0.2, 0) is 4.79 Å². The molecule has 0 radical (unpaired) electrons. The van der Waals surface area contributed by atoms with Gasteiger partial charge in [-0.2, -0.15) is 0 Å². The molecule has 208 valence electrons. The summed E-state index contributed by atoms with van der Waals surface area (Å²) in [6, 6.07) is 22.3. The Balaban J connectivity index is 1.69. The highest BCUT2D eigenvalue weighted by Gasteiger charge is 2.57. The summed E-state index contributed by atoms with van der Waals surface area (Å²) in [4.78, 5) is 14.0. The molecule has 2 atom stereocenters. The maximum absolute atomic E-state index is 14.0. The van der Waals surface area contributed by atoms with E-state index in [4.69, 9.17) is 0 Å². The van der Waals surface area contributed by atoms with Crippen LogP contribution in [0, 0.1) is 33.5 Å². The minimum atomic E-state index is 0.0197. The largest absolute Gasteiger partial charge is 0.299 e. The summed E-state index contributed by atoms with van der Waals surface area (Å²) in [5.41, 5.74) is 9.70. The normalized spacial score (nSPS) is 28.4. The van der Waals surface area contributed by atoms with Gasteiger partial charge in [-0.25, -0.2) is 0 Å². The number of carbonyl (C=O) groups is 1. The van der Waals surface area contributed by atoms with Crippen molar-refractivity contribution in [1.82, 2.24) is 0 Å². The highest BCUT2D eigenvalue weighted by Crippen LogP contribution is 2.63. The molecule has 2 aliphatic heterocycles. The number of hydrogen-bond acceptors (Lipinski definition) is 1. The Kier molecular flexibility index (Phi) is 6.53. The van der Waals surface area contributed by atoms with E-state index >= 15 is 0 Å². The number of rotatable bonds is 4. The Bertz CT molecular complexity index is 1340. The van der Waals surface area contributed by atoms with Crippen LogP contribution in [0.25, 0.3) is 11.1 Å². The van der Waals surface area contributed by atoms with Crippen LogP contribution in [0.15, 0.2) is 71.6 Å². The van der Waals surface area contributed by atoms with Crippen molar-refractivity contribution >= 4 is 30.4 Å². The maximum Gasteiger partial charge on any atom is 0.178 e. The lowest BCUT2D eigenvalue weighted by atomic mass is 9.31. The summed E-state index contributed by atoms with van der Waals surface area (Å²) >= 11 is 0. The molecule has 4 aliphatic rings. The zero-order valence-electron chi connectivity index (χ0n) is 26.2. The predicted octanol–water partition coefficient (Wildman–Crippen LogP) is 9.70. The lowest BCUT2D eigenvalue weighted by Crippen LogP contribution is -2.35. The van der Waals surface area contributed by atoms with Crippen LogP contribution in [-0.4, -0.2) is 19.2 Å². The number of fused-ring (bicyclic) bond motifs is 1. The molecule has 1 saturated carbocycles. The molecular weight excluding hydrogens is 482 g/mol. The van der Waals surface area contributed by atoms with E-state index in [0.717, 1.165) is 19.1 Å². The number of allylic oxidation sites excluding steroid dienone is 4. The first-order valence-electron chi connectivity index (χ1n) is 15.9. The van der Waals surface area contributed by atoms with Gasteiger partial charge < -0.3 is 0 Å². The Labute approximate surface area is 244 Å². The van der Waals surface area contributed by atoms with Crippen molar-refractivity contribution in [3.8, 4) is 0 Å². The van der Waals surface area contributed by atoms with Crippen molar-refractivity contribution < 1.29 is 4.79 Å². The quantitative estimate of drug-likeness (QED) is 0.360. The highest BCUT2D eigenvalue weighted by atomic mass is 16.1. The van der Waals surface area contributed by atoms with Crippen LogP contribution in [0.1, 0.15) is 79.4 Å². The lowest BCUT2D eigenvalue weighted by molar-refractivity contribution is -0.119. The molecule has 2 saturated heterocycles. The van der Waals surface area contributed by atoms with Gasteiger partial charge in [0.25, 0.3) is 0 Å². The first-order chi connectivity index (χ1) is 18.7. The molecule has 40 heavy (non-hydrogen) atoms. The maximum atomic E-state index is 14.0. The molecule has 2 heterocycles. The summed E-state index contributed by atoms with van der Waals surface area (Å²) in [5.74, 6) is 0.799. The van der Waals surface area contributed by atoms with Gasteiger partial charge in [-0.1, -0.05) is 152 Å². The number of Topliss-reactive ketones (excluding diaryl/α,β-unsaturated/α-hetero) is 1. The number of carbonyl (C=O) groups excluding carboxylic acids is 1. The van der Waals surface area contributed by atoms with Gasteiger partial charge in [-0.05, 0) is 56.3 Å². The van der Waals surface area contributed by atoms with Gasteiger partial charge in [0.05, 0.1) is 0 Å². The number of ketones is 1. The molecule has 3 fully saturated rings. The van der Waals surface area contributed by atoms with E-state index in [0.29, 0.717) is 31.5 Å². The van der Waals surface area contributed by atoms with Crippen molar-refractivity contribution in [1.29, 1.82) is 0 Å². The first-order valence-corrected chi connectivity index (χ1v) is 15.9. The fourth-order valence-electron chi connectivity index (χ4n) is 9.12. The van der Waals surface area contributed by atoms with E-state index in [1.165, 1.54) is 40.4 Å². The van der Waals surface area contributed by atoms with Crippen LogP contribution in [0.3, 0.4) is 0 Å². The van der Waals surface area contributed by atoms with E-state index in [9.17, 15) is 4.79 Å². The fourth-order valence-corrected chi connectivity index (χ4v) is 9.12. The topological polar surface area (TPSA) is 17.1 Å². The van der Waals surface area contributed by atoms with Gasteiger partial charge in [-0.3, -0.25) is 4.79 Å². The van der Waals surface area contributed by atoms with Gasteiger partial charge in [0.2, 0.25) is 0 Å². The summed E-state index contributed by atoms with van der Waals surface area (Å²) in [7, 11) is 0. The zero-order valence-corrected chi connectivity index (χ0v) is 26.2. The Hall–Kier alpha value is -2.28. The molecule has 3 heteroatoms. The van der Waals surface area contributed by atoms with E-state index in [2.05, 4.69) is 116 Å². The monoisotopic (exact) mass is 530 g/mol. The van der Waals surface area contributed by atoms with Crippen molar-refractivity contribution in [2.45, 2.75) is 93.5 Å². The van der Waals surface area contributed by atoms with Gasteiger partial charge in [0.1, 0.15) is 5.78 Å². The minimum Gasteiger partial charge on any atom is -0.299 e. The molecule has 0 aromatic heterocycles. The first kappa shape index (κ1) is 27.9. The van der Waals surface area contributed by atoms with Crippen LogP contribution in [0.5, 0.6) is 0 Å². The van der Waals surface area contributed by atoms with Crippen molar-refractivity contribution in [2.24, 2.45) is 33.5 Å². The van der Waals surface area contributed by atoms with Crippen LogP contribution >= 0.6 is 0 Å². The molecule has 2 aliphatic carbocycles. The third kappa shape index (κ3) is 4.24. The smallest absolute Gasteiger partial charge is 0.178 e. The summed E-state index contributed by atoms with van der Waals surface area (Å²) in [6.07, 6.45) is 6.42. The van der Waals surface area contributed by atoms with Gasteiger partial charge >= 0.3 is 0 Å². The predicted molar refractivity (Wildman–Crippen MR) is 174 cm³/mol. The van der Waals surface area contributed by atoms with E-state index in [-0.39, 0.29) is 27.6 Å². The van der Waals surface area contributed by atoms with E-state index in [1.807, 2.05) is 0 Å². The Morgan fingerprint density at radius 2 is 1.07 bits per heavy atom. The van der Waals surface area contributed by atoms with Crippen molar-refractivity contribution in [2.75, 3.05) is 0 Å². The minimum absolute atomic E-state index is 0.0197. The fraction of sp³-hybridized carbons (Fsp3) is 0.541. The third-order valence-electron chi connectivity index (χ3n) is 12.7. The lowest BCUT2D eigenvalue weighted by Gasteiger charge is -2.39. The molecule has 2 aromatic rings. The standard InChI is InChI=1S/C37H48B2O/c1-34(2)21-38(22-35(34,3)4)32-29(25-15-11-9-12-16-25)27-19-20-28(40)31(27)33(30(32)26-17-13-10-14-18-26)39-23-36(5,6)37(7,8)24-39/h9-18,27,31H,19-24H2,1-8H3/t27-,31+/m0/s1. The molecular formula is C37H48B2O. The van der Waals surface area contributed by atoms with Crippen molar-refractivity contribution in [3.63, 3.8) is 0 Å². The number of hydrogen-bond donors (Lipinski definition) is 0. The van der Waals surface area contributed by atoms with Gasteiger partial charge in [0, 0.05) is 12.3 Å². The summed E-state index contributed by atoms with van der Waals surface area (Å²) in [6.45, 7) is 20.7. The van der Waals surface area contributed by atoms with E-state index < -0.39 is 0 Å². The molecule has 0 bridgehead atoms. The molecule has 0 N–H and O–H groups in total. The molecule has 0 amide bonds. The van der Waals surface area contributed by atoms with Crippen LogP contribution in [0.2, 0.25) is 25.3 Å². The van der Waals surface area contributed by atoms with Crippen molar-refractivity contribution in [3.05, 3.63) is 82.7 Å². The average Bonchev–Trinajstić information content (AvgIpc) is 3.45. The summed E-state index contributed by atoms with van der Waals surface area (Å²) in [5, 5.41) is 0. The van der Waals surface area contributed by atoms with E-state index in [1.54, 1.807) is 5.47 Å². The second-order valence-corrected chi connectivity index (χ2v) is 16.2. The Morgan fingerprint density at radius 1 is 0.625 bits per heavy atom. The van der Waals surface area contributed by atoms with Crippen LogP contribution < -0.4 is 0 Å². The average molecular weight is 530 g/mol. The summed E-state index contributed by atoms with van der Waals surface area (Å²) < 4.78 is 0. The molecule has 2 aromatic carbocycles. The van der Waals surface area contributed by atoms with Gasteiger partial charge in [-0.15, -0.1) is 0 Å². The molecule has 6 rings (SSSR count). The number of benzene rings is 2. The second-order valence-electron chi connectivity index (χ2n) is 16.2. The Morgan fingerprint density at radius 3 is 1.57 bits per heavy atom.